The summed E-state index contributed by atoms with van der Waals surface area (Å²) >= 11 is 0. The molecule has 3 rings (SSSR count). The SMILES string of the molecule is CCc1ccc(C(=O)COC(=O)[C@@H](C(C)C)N2C(=O)c3ccccc3C2=O)cc1. The number of aryl methyl sites for hydroxylation is 1. The Balaban J connectivity index is 1.73. The molecular formula is C23H23NO5. The number of carbonyl (C=O) groups is 4. The Morgan fingerprint density at radius 2 is 1.48 bits per heavy atom. The van der Waals surface area contributed by atoms with Crippen LogP contribution in [0.3, 0.4) is 0 Å². The van der Waals surface area contributed by atoms with Crippen LogP contribution in [-0.2, 0) is 16.0 Å². The minimum Gasteiger partial charge on any atom is -0.456 e. The quantitative estimate of drug-likeness (QED) is 0.410. The summed E-state index contributed by atoms with van der Waals surface area (Å²) in [5.74, 6) is -2.53. The summed E-state index contributed by atoms with van der Waals surface area (Å²) in [5, 5.41) is 0. The number of benzene rings is 2. The highest BCUT2D eigenvalue weighted by atomic mass is 16.5. The second-order valence-corrected chi connectivity index (χ2v) is 7.30. The standard InChI is InChI=1S/C23H23NO5/c1-4-15-9-11-16(12-10-15)19(25)13-29-23(28)20(14(2)3)24-21(26)17-7-5-6-8-18(17)22(24)27/h5-12,14,20H,4,13H2,1-3H3/t20-/m1/s1. The highest BCUT2D eigenvalue weighted by Gasteiger charge is 2.44. The zero-order valence-electron chi connectivity index (χ0n) is 16.7. The molecule has 1 aliphatic rings. The zero-order chi connectivity index (χ0) is 21.1. The van der Waals surface area contributed by atoms with E-state index in [0.29, 0.717) is 5.56 Å². The highest BCUT2D eigenvalue weighted by molar-refractivity contribution is 6.22. The maximum Gasteiger partial charge on any atom is 0.330 e. The average Bonchev–Trinajstić information content (AvgIpc) is 2.97. The van der Waals surface area contributed by atoms with Gasteiger partial charge in [-0.3, -0.25) is 19.3 Å². The number of ketones is 1. The molecule has 150 valence electrons. The van der Waals surface area contributed by atoms with E-state index in [0.717, 1.165) is 16.9 Å². The van der Waals surface area contributed by atoms with Crippen molar-refractivity contribution in [3.8, 4) is 0 Å². The second kappa shape index (κ2) is 8.39. The number of ether oxygens (including phenoxy) is 1. The molecule has 6 heteroatoms. The van der Waals surface area contributed by atoms with Gasteiger partial charge in [0.05, 0.1) is 11.1 Å². The van der Waals surface area contributed by atoms with Crippen LogP contribution in [0.1, 0.15) is 57.4 Å². The maximum absolute atomic E-state index is 12.7. The molecule has 2 amide bonds. The van der Waals surface area contributed by atoms with E-state index in [9.17, 15) is 19.2 Å². The van der Waals surface area contributed by atoms with Crippen molar-refractivity contribution in [1.29, 1.82) is 0 Å². The fourth-order valence-corrected chi connectivity index (χ4v) is 3.37. The van der Waals surface area contributed by atoms with E-state index < -0.39 is 30.4 Å². The van der Waals surface area contributed by atoms with Crippen molar-refractivity contribution in [2.24, 2.45) is 5.92 Å². The van der Waals surface area contributed by atoms with Gasteiger partial charge in [-0.2, -0.15) is 0 Å². The van der Waals surface area contributed by atoms with Crippen LogP contribution < -0.4 is 0 Å². The van der Waals surface area contributed by atoms with Crippen molar-refractivity contribution in [2.75, 3.05) is 6.61 Å². The van der Waals surface area contributed by atoms with Crippen LogP contribution in [0.2, 0.25) is 0 Å². The van der Waals surface area contributed by atoms with Gasteiger partial charge in [0.15, 0.2) is 12.4 Å². The van der Waals surface area contributed by atoms with E-state index in [1.165, 1.54) is 0 Å². The zero-order valence-corrected chi connectivity index (χ0v) is 16.7. The Kier molecular flexibility index (Phi) is 5.92. The maximum atomic E-state index is 12.7. The number of amides is 2. The third kappa shape index (κ3) is 3.97. The molecule has 2 aromatic rings. The van der Waals surface area contributed by atoms with Crippen molar-refractivity contribution in [3.05, 3.63) is 70.8 Å². The third-order valence-corrected chi connectivity index (χ3v) is 5.01. The van der Waals surface area contributed by atoms with Gasteiger partial charge in [0, 0.05) is 5.56 Å². The van der Waals surface area contributed by atoms with Crippen molar-refractivity contribution in [2.45, 2.75) is 33.2 Å². The van der Waals surface area contributed by atoms with Gasteiger partial charge in [-0.15, -0.1) is 0 Å². The molecule has 1 heterocycles. The molecule has 0 unspecified atom stereocenters. The first-order valence-corrected chi connectivity index (χ1v) is 9.60. The summed E-state index contributed by atoms with van der Waals surface area (Å²) in [4.78, 5) is 51.4. The summed E-state index contributed by atoms with van der Waals surface area (Å²) in [6.07, 6.45) is 0.861. The summed E-state index contributed by atoms with van der Waals surface area (Å²) in [6.45, 7) is 5.02. The second-order valence-electron chi connectivity index (χ2n) is 7.30. The van der Waals surface area contributed by atoms with Crippen molar-refractivity contribution >= 4 is 23.6 Å². The molecule has 0 aromatic heterocycles. The average molecular weight is 393 g/mol. The minimum atomic E-state index is -1.10. The Hall–Kier alpha value is -3.28. The van der Waals surface area contributed by atoms with Crippen molar-refractivity contribution < 1.29 is 23.9 Å². The molecular weight excluding hydrogens is 370 g/mol. The Bertz CT molecular complexity index is 926. The first kappa shape index (κ1) is 20.5. The van der Waals surface area contributed by atoms with E-state index in [4.69, 9.17) is 4.74 Å². The molecule has 6 nitrogen and oxygen atoms in total. The van der Waals surface area contributed by atoms with Crippen LogP contribution in [0.15, 0.2) is 48.5 Å². The molecule has 29 heavy (non-hydrogen) atoms. The Morgan fingerprint density at radius 1 is 0.931 bits per heavy atom. The van der Waals surface area contributed by atoms with E-state index in [1.54, 1.807) is 50.2 Å². The Labute approximate surface area is 169 Å². The van der Waals surface area contributed by atoms with Crippen LogP contribution >= 0.6 is 0 Å². The predicted octanol–water partition coefficient (Wildman–Crippen LogP) is 3.30. The third-order valence-electron chi connectivity index (χ3n) is 5.01. The van der Waals surface area contributed by atoms with Gasteiger partial charge in [-0.25, -0.2) is 4.79 Å². The monoisotopic (exact) mass is 393 g/mol. The van der Waals surface area contributed by atoms with Crippen LogP contribution in [0.5, 0.6) is 0 Å². The predicted molar refractivity (Wildman–Crippen MR) is 107 cm³/mol. The first-order chi connectivity index (χ1) is 13.8. The van der Waals surface area contributed by atoms with Crippen molar-refractivity contribution in [1.82, 2.24) is 4.90 Å². The number of nitrogens with zero attached hydrogens (tertiary/aromatic N) is 1. The largest absolute Gasteiger partial charge is 0.456 e. The summed E-state index contributed by atoms with van der Waals surface area (Å²) in [6, 6.07) is 12.4. The van der Waals surface area contributed by atoms with Gasteiger partial charge in [-0.05, 0) is 30.0 Å². The summed E-state index contributed by atoms with van der Waals surface area (Å²) < 4.78 is 5.21. The smallest absolute Gasteiger partial charge is 0.330 e. The molecule has 0 saturated carbocycles. The van der Waals surface area contributed by atoms with Gasteiger partial charge < -0.3 is 4.74 Å². The topological polar surface area (TPSA) is 80.8 Å². The van der Waals surface area contributed by atoms with Crippen LogP contribution in [0, 0.1) is 5.92 Å². The van der Waals surface area contributed by atoms with Gasteiger partial charge >= 0.3 is 5.97 Å². The lowest BCUT2D eigenvalue weighted by Crippen LogP contribution is -2.49. The number of imide groups is 1. The van der Waals surface area contributed by atoms with Gasteiger partial charge in [0.1, 0.15) is 6.04 Å². The molecule has 0 N–H and O–H groups in total. The molecule has 0 radical (unpaired) electrons. The molecule has 1 atom stereocenters. The highest BCUT2D eigenvalue weighted by Crippen LogP contribution is 2.27. The number of rotatable bonds is 7. The number of hydrogen-bond donors (Lipinski definition) is 0. The van der Waals surface area contributed by atoms with E-state index in [1.807, 2.05) is 19.1 Å². The lowest BCUT2D eigenvalue weighted by Gasteiger charge is -2.27. The van der Waals surface area contributed by atoms with Crippen LogP contribution in [0.25, 0.3) is 0 Å². The van der Waals surface area contributed by atoms with Crippen molar-refractivity contribution in [3.63, 3.8) is 0 Å². The van der Waals surface area contributed by atoms with E-state index in [-0.39, 0.29) is 22.8 Å². The number of esters is 1. The lowest BCUT2D eigenvalue weighted by atomic mass is 10.0. The van der Waals surface area contributed by atoms with Gasteiger partial charge in [-0.1, -0.05) is 57.2 Å². The molecule has 0 bridgehead atoms. The van der Waals surface area contributed by atoms with Gasteiger partial charge in [0.25, 0.3) is 11.8 Å². The number of carbonyl (C=O) groups excluding carboxylic acids is 4. The number of Topliss-reactive ketones (excluding diaryl/α,β-unsaturated/α-hetero) is 1. The summed E-state index contributed by atoms with van der Waals surface area (Å²) in [5.41, 5.74) is 2.08. The minimum absolute atomic E-state index is 0.267. The summed E-state index contributed by atoms with van der Waals surface area (Å²) in [7, 11) is 0. The van der Waals surface area contributed by atoms with E-state index >= 15 is 0 Å². The Morgan fingerprint density at radius 3 is 1.97 bits per heavy atom. The van der Waals surface area contributed by atoms with Crippen LogP contribution in [-0.4, -0.2) is 41.1 Å². The van der Waals surface area contributed by atoms with Crippen LogP contribution in [0.4, 0.5) is 0 Å². The molecule has 0 spiro atoms. The molecule has 2 aromatic carbocycles. The molecule has 0 aliphatic carbocycles. The fourth-order valence-electron chi connectivity index (χ4n) is 3.37. The number of fused-ring (bicyclic) bond motifs is 1. The molecule has 0 fully saturated rings. The van der Waals surface area contributed by atoms with E-state index in [2.05, 4.69) is 0 Å². The normalized spacial score (nSPS) is 14.1. The fraction of sp³-hybridized carbons (Fsp3) is 0.304. The molecule has 1 aliphatic heterocycles. The number of hydrogen-bond acceptors (Lipinski definition) is 5. The first-order valence-electron chi connectivity index (χ1n) is 9.60. The lowest BCUT2D eigenvalue weighted by molar-refractivity contribution is -0.148. The van der Waals surface area contributed by atoms with Gasteiger partial charge in [0.2, 0.25) is 0 Å². The molecule has 0 saturated heterocycles.